The van der Waals surface area contributed by atoms with Crippen molar-refractivity contribution in [3.63, 3.8) is 0 Å². The highest BCUT2D eigenvalue weighted by Gasteiger charge is 2.29. The first kappa shape index (κ1) is 22.2. The molecule has 1 saturated heterocycles. The van der Waals surface area contributed by atoms with Crippen LogP contribution in [0.3, 0.4) is 0 Å². The molecule has 3 heterocycles. The third kappa shape index (κ3) is 4.60. The summed E-state index contributed by atoms with van der Waals surface area (Å²) in [5, 5.41) is 0. The Kier molecular flexibility index (Phi) is 6.70. The Labute approximate surface area is 191 Å². The van der Waals surface area contributed by atoms with Gasteiger partial charge in [-0.05, 0) is 73.7 Å². The third-order valence-corrected chi connectivity index (χ3v) is 6.35. The maximum absolute atomic E-state index is 5.52. The average Bonchev–Trinajstić information content (AvgIpc) is 2.81. The van der Waals surface area contributed by atoms with Gasteiger partial charge in [0.25, 0.3) is 0 Å². The fraction of sp³-hybridized carbons (Fsp3) is 0.423. The van der Waals surface area contributed by atoms with Gasteiger partial charge in [0.1, 0.15) is 5.75 Å². The van der Waals surface area contributed by atoms with E-state index < -0.39 is 0 Å². The number of pyridine rings is 1. The largest absolute Gasteiger partial charge is 0.496 e. The molecule has 6 heteroatoms. The van der Waals surface area contributed by atoms with Crippen molar-refractivity contribution in [1.82, 2.24) is 19.9 Å². The Morgan fingerprint density at radius 3 is 2.59 bits per heavy atom. The van der Waals surface area contributed by atoms with Crippen molar-refractivity contribution in [3.05, 3.63) is 65.2 Å². The first-order valence-corrected chi connectivity index (χ1v) is 11.3. The summed E-state index contributed by atoms with van der Waals surface area (Å²) in [5.74, 6) is 1.70. The number of aryl methyl sites for hydroxylation is 2. The number of hydrogen-bond donors (Lipinski definition) is 0. The molecule has 0 unspecified atom stereocenters. The maximum Gasteiger partial charge on any atom is 0.225 e. The van der Waals surface area contributed by atoms with Crippen LogP contribution in [0.1, 0.15) is 47.7 Å². The van der Waals surface area contributed by atoms with E-state index in [4.69, 9.17) is 9.72 Å². The van der Waals surface area contributed by atoms with Crippen molar-refractivity contribution in [1.29, 1.82) is 0 Å². The zero-order chi connectivity index (χ0) is 22.7. The van der Waals surface area contributed by atoms with E-state index in [2.05, 4.69) is 40.8 Å². The van der Waals surface area contributed by atoms with Gasteiger partial charge in [0.15, 0.2) is 0 Å². The Bertz CT molecular complexity index is 1070. The lowest BCUT2D eigenvalue weighted by atomic mass is 9.93. The normalized spacial score (nSPS) is 16.7. The highest BCUT2D eigenvalue weighted by molar-refractivity contribution is 5.66. The highest BCUT2D eigenvalue weighted by atomic mass is 16.5. The lowest BCUT2D eigenvalue weighted by Crippen LogP contribution is -2.34. The number of ether oxygens (including phenoxy) is 1. The van der Waals surface area contributed by atoms with Crippen LogP contribution in [0, 0.1) is 13.8 Å². The summed E-state index contributed by atoms with van der Waals surface area (Å²) in [4.78, 5) is 18.4. The molecule has 1 aliphatic rings. The van der Waals surface area contributed by atoms with Gasteiger partial charge >= 0.3 is 0 Å². The minimum atomic E-state index is 0.246. The zero-order valence-electron chi connectivity index (χ0n) is 19.8. The van der Waals surface area contributed by atoms with Crippen LogP contribution in [0.15, 0.2) is 42.9 Å². The fourth-order valence-corrected chi connectivity index (χ4v) is 4.56. The number of aromatic nitrogens is 3. The molecule has 1 aromatic carbocycles. The summed E-state index contributed by atoms with van der Waals surface area (Å²) in [5.41, 5.74) is 7.11. The van der Waals surface area contributed by atoms with Gasteiger partial charge in [-0.15, -0.1) is 0 Å². The van der Waals surface area contributed by atoms with Crippen LogP contribution < -0.4 is 9.64 Å². The molecule has 0 saturated carbocycles. The molecule has 4 rings (SSSR count). The average molecular weight is 432 g/mol. The minimum absolute atomic E-state index is 0.246. The molecule has 1 fully saturated rings. The zero-order valence-corrected chi connectivity index (χ0v) is 19.8. The van der Waals surface area contributed by atoms with Gasteiger partial charge in [-0.25, -0.2) is 9.97 Å². The van der Waals surface area contributed by atoms with Gasteiger partial charge in [-0.2, -0.15) is 0 Å². The van der Waals surface area contributed by atoms with E-state index in [9.17, 15) is 0 Å². The quantitative estimate of drug-likeness (QED) is 0.550. The van der Waals surface area contributed by atoms with Crippen LogP contribution in [0.5, 0.6) is 5.75 Å². The van der Waals surface area contributed by atoms with Gasteiger partial charge in [-0.3, -0.25) is 9.88 Å². The number of methoxy groups -OCH3 is 1. The van der Waals surface area contributed by atoms with Crippen LogP contribution in [0.25, 0.3) is 11.1 Å². The van der Waals surface area contributed by atoms with Crippen molar-refractivity contribution in [2.45, 2.75) is 45.7 Å². The second-order valence-corrected chi connectivity index (χ2v) is 8.83. The van der Waals surface area contributed by atoms with E-state index >= 15 is 0 Å². The first-order valence-electron chi connectivity index (χ1n) is 11.3. The lowest BCUT2D eigenvalue weighted by Gasteiger charge is -2.37. The predicted octanol–water partition coefficient (Wildman–Crippen LogP) is 4.96. The molecule has 0 radical (unpaired) electrons. The van der Waals surface area contributed by atoms with Crippen LogP contribution in [0.2, 0.25) is 0 Å². The number of hydrogen-bond acceptors (Lipinski definition) is 6. The van der Waals surface area contributed by atoms with Gasteiger partial charge in [0, 0.05) is 44.8 Å². The molecule has 0 amide bonds. The molecular weight excluding hydrogens is 398 g/mol. The summed E-state index contributed by atoms with van der Waals surface area (Å²) in [6.45, 7) is 6.25. The maximum atomic E-state index is 5.52. The van der Waals surface area contributed by atoms with Gasteiger partial charge in [-0.1, -0.05) is 12.5 Å². The monoisotopic (exact) mass is 431 g/mol. The molecule has 2 aromatic heterocycles. The molecule has 0 N–H and O–H groups in total. The summed E-state index contributed by atoms with van der Waals surface area (Å²) in [6, 6.07) is 8.76. The van der Waals surface area contributed by atoms with Crippen LogP contribution in [-0.4, -0.2) is 47.6 Å². The third-order valence-electron chi connectivity index (χ3n) is 6.35. The second kappa shape index (κ2) is 9.65. The van der Waals surface area contributed by atoms with Crippen LogP contribution in [0.4, 0.5) is 5.95 Å². The minimum Gasteiger partial charge on any atom is -0.496 e. The molecular formula is C26H33N5O. The summed E-state index contributed by atoms with van der Waals surface area (Å²) in [7, 11) is 5.72. The Balaban J connectivity index is 1.74. The van der Waals surface area contributed by atoms with Crippen molar-refractivity contribution in [2.75, 3.05) is 32.6 Å². The highest BCUT2D eigenvalue weighted by Crippen LogP contribution is 2.37. The fourth-order valence-electron chi connectivity index (χ4n) is 4.56. The second-order valence-electron chi connectivity index (χ2n) is 8.83. The van der Waals surface area contributed by atoms with Crippen molar-refractivity contribution in [2.24, 2.45) is 0 Å². The van der Waals surface area contributed by atoms with Crippen LogP contribution >= 0.6 is 0 Å². The van der Waals surface area contributed by atoms with Crippen molar-refractivity contribution in [3.8, 4) is 16.9 Å². The molecule has 0 bridgehead atoms. The molecule has 6 nitrogen and oxygen atoms in total. The smallest absolute Gasteiger partial charge is 0.225 e. The van der Waals surface area contributed by atoms with Crippen molar-refractivity contribution < 1.29 is 4.74 Å². The first-order chi connectivity index (χ1) is 15.5. The van der Waals surface area contributed by atoms with E-state index in [1.165, 1.54) is 29.5 Å². The standard InChI is InChI=1S/C26H33N5O/c1-18-15-24(32-5)19(2)14-21(18)17-31-13-7-6-8-23(31)25-22(20-9-11-27-12-10-20)16-28-26(29-25)30(3)4/h9-12,14-16,23H,6-8,13,17H2,1-5H3/t23-/m0/s1. The van der Waals surface area contributed by atoms with Gasteiger partial charge in [0.2, 0.25) is 5.95 Å². The number of likely N-dealkylation sites (tertiary alicyclic amines) is 1. The molecule has 0 aliphatic carbocycles. The molecule has 1 aliphatic heterocycles. The van der Waals surface area contributed by atoms with E-state index in [-0.39, 0.29) is 6.04 Å². The van der Waals surface area contributed by atoms with Gasteiger partial charge in [0.05, 0.1) is 18.8 Å². The Morgan fingerprint density at radius 1 is 1.09 bits per heavy atom. The number of anilines is 1. The molecule has 0 spiro atoms. The lowest BCUT2D eigenvalue weighted by molar-refractivity contribution is 0.137. The van der Waals surface area contributed by atoms with E-state index in [1.807, 2.05) is 49.7 Å². The number of rotatable bonds is 6. The topological polar surface area (TPSA) is 54.4 Å². The van der Waals surface area contributed by atoms with E-state index in [1.54, 1.807) is 7.11 Å². The number of piperidine rings is 1. The number of nitrogens with zero attached hydrogens (tertiary/aromatic N) is 5. The number of benzene rings is 1. The Hall–Kier alpha value is -2.99. The summed E-state index contributed by atoms with van der Waals surface area (Å²) >= 11 is 0. The Morgan fingerprint density at radius 2 is 1.88 bits per heavy atom. The molecule has 3 aromatic rings. The van der Waals surface area contributed by atoms with Crippen molar-refractivity contribution >= 4 is 5.95 Å². The summed E-state index contributed by atoms with van der Waals surface area (Å²) < 4.78 is 5.52. The summed E-state index contributed by atoms with van der Waals surface area (Å²) in [6.07, 6.45) is 9.15. The predicted molar refractivity (Wildman–Crippen MR) is 129 cm³/mol. The van der Waals surface area contributed by atoms with Gasteiger partial charge < -0.3 is 9.64 Å². The SMILES string of the molecule is COc1cc(C)c(CN2CCCC[C@H]2c2nc(N(C)C)ncc2-c2ccncc2)cc1C. The van der Waals surface area contributed by atoms with Crippen LogP contribution in [-0.2, 0) is 6.54 Å². The molecule has 1 atom stereocenters. The molecule has 32 heavy (non-hydrogen) atoms. The van der Waals surface area contributed by atoms with E-state index in [0.717, 1.165) is 48.0 Å². The molecule has 168 valence electrons. The van der Waals surface area contributed by atoms with E-state index in [0.29, 0.717) is 0 Å².